The Morgan fingerprint density at radius 3 is 2.68 bits per heavy atom. The van der Waals surface area contributed by atoms with Crippen molar-refractivity contribution in [1.29, 1.82) is 0 Å². The van der Waals surface area contributed by atoms with Gasteiger partial charge in [-0.1, -0.05) is 80.1 Å². The van der Waals surface area contributed by atoms with Gasteiger partial charge in [-0.3, -0.25) is 0 Å². The first-order chi connectivity index (χ1) is 21.5. The molecule has 0 amide bonds. The molecular weight excluding hydrogens is 540 g/mol. The summed E-state index contributed by atoms with van der Waals surface area (Å²) >= 11 is 0. The molecule has 5 aromatic rings. The highest BCUT2D eigenvalue weighted by atomic mass is 16.5. The van der Waals surface area contributed by atoms with E-state index >= 15 is 0 Å². The Hall–Kier alpha value is -5.24. The van der Waals surface area contributed by atoms with Gasteiger partial charge in [-0.2, -0.15) is 0 Å². The predicted molar refractivity (Wildman–Crippen MR) is 180 cm³/mol. The van der Waals surface area contributed by atoms with Crippen molar-refractivity contribution < 1.29 is 9.15 Å². The third-order valence-corrected chi connectivity index (χ3v) is 9.35. The first-order valence-corrected chi connectivity index (χ1v) is 15.1. The molecule has 0 spiro atoms. The van der Waals surface area contributed by atoms with Crippen LogP contribution in [0, 0.1) is 24.2 Å². The number of hydrogen-bond acceptors (Lipinski definition) is 3. The molecule has 1 aliphatic heterocycles. The molecule has 4 atom stereocenters. The van der Waals surface area contributed by atoms with Crippen molar-refractivity contribution in [2.75, 3.05) is 0 Å². The number of para-hydroxylation sites is 1. The van der Waals surface area contributed by atoms with Crippen LogP contribution in [0.1, 0.15) is 36.8 Å². The highest BCUT2D eigenvalue weighted by molar-refractivity contribution is 6.06. The van der Waals surface area contributed by atoms with E-state index in [1.807, 2.05) is 43.3 Å². The van der Waals surface area contributed by atoms with E-state index in [0.29, 0.717) is 0 Å². The Morgan fingerprint density at radius 2 is 1.84 bits per heavy atom. The van der Waals surface area contributed by atoms with Gasteiger partial charge in [0.05, 0.1) is 17.4 Å². The number of rotatable bonds is 3. The van der Waals surface area contributed by atoms with Crippen LogP contribution in [0.25, 0.3) is 57.5 Å². The maximum atomic E-state index is 6.76. The number of benzene rings is 3. The monoisotopic (exact) mass is 572 g/mol. The van der Waals surface area contributed by atoms with Crippen LogP contribution in [0.4, 0.5) is 0 Å². The first kappa shape index (κ1) is 26.4. The molecule has 0 radical (unpaired) electrons. The summed E-state index contributed by atoms with van der Waals surface area (Å²) in [5.74, 6) is 4.06. The second-order valence-electron chi connectivity index (χ2n) is 11.9. The minimum atomic E-state index is -0.179. The fraction of sp³-hybridized carbons (Fsp3) is 0.150. The number of fused-ring (bicyclic) bond motifs is 7. The van der Waals surface area contributed by atoms with Gasteiger partial charge in [0, 0.05) is 49.5 Å². The van der Waals surface area contributed by atoms with Crippen molar-refractivity contribution in [3.63, 3.8) is 0 Å². The van der Waals surface area contributed by atoms with Crippen LogP contribution in [0.3, 0.4) is 0 Å². The number of nitrogens with zero attached hydrogens (tertiary/aromatic N) is 1. The topological polar surface area (TPSA) is 53.3 Å². The summed E-state index contributed by atoms with van der Waals surface area (Å²) in [7, 11) is 0. The average Bonchev–Trinajstić information content (AvgIpc) is 3.70. The summed E-state index contributed by atoms with van der Waals surface area (Å²) < 4.78 is 15.2. The van der Waals surface area contributed by atoms with Crippen molar-refractivity contribution >= 4 is 40.7 Å². The van der Waals surface area contributed by atoms with E-state index in [1.165, 1.54) is 5.57 Å². The van der Waals surface area contributed by atoms with E-state index < -0.39 is 0 Å². The molecule has 214 valence electrons. The zero-order chi connectivity index (χ0) is 30.1. The molecule has 4 heteroatoms. The zero-order valence-corrected chi connectivity index (χ0v) is 24.7. The van der Waals surface area contributed by atoms with E-state index in [2.05, 4.69) is 90.8 Å². The largest absolute Gasteiger partial charge is 0.487 e. The fourth-order valence-corrected chi connectivity index (χ4v) is 7.06. The van der Waals surface area contributed by atoms with Crippen molar-refractivity contribution in [1.82, 2.24) is 4.57 Å². The van der Waals surface area contributed by atoms with Gasteiger partial charge in [-0.15, -0.1) is 6.42 Å². The van der Waals surface area contributed by atoms with E-state index in [9.17, 15) is 0 Å². The first-order valence-electron chi connectivity index (χ1n) is 15.1. The minimum absolute atomic E-state index is 0.0976. The molecule has 4 nitrogen and oxygen atoms in total. The Bertz CT molecular complexity index is 2300. The quantitative estimate of drug-likeness (QED) is 0.231. The molecule has 2 aromatic heterocycles. The van der Waals surface area contributed by atoms with Gasteiger partial charge in [0.25, 0.3) is 0 Å². The molecular formula is C40H32N2O2. The second kappa shape index (κ2) is 9.91. The highest BCUT2D eigenvalue weighted by Crippen LogP contribution is 2.49. The molecule has 0 bridgehead atoms. The lowest BCUT2D eigenvalue weighted by Gasteiger charge is -2.24. The van der Waals surface area contributed by atoms with Gasteiger partial charge >= 0.3 is 0 Å². The van der Waals surface area contributed by atoms with Crippen molar-refractivity contribution in [3.8, 4) is 29.2 Å². The van der Waals surface area contributed by atoms with Crippen LogP contribution in [0.2, 0.25) is 0 Å². The van der Waals surface area contributed by atoms with E-state index in [0.717, 1.165) is 71.9 Å². The maximum Gasteiger partial charge on any atom is 0.136 e. The van der Waals surface area contributed by atoms with Gasteiger partial charge in [0.1, 0.15) is 23.0 Å². The molecule has 2 N–H and O–H groups in total. The SMILES string of the molecule is C#Cc1ccc(-n2c3c(/c(=C/C=C\C)c2=C)C2OC4=C(C=CC(C)C4N)C2C=C3)c(-c2ccc3oc4ccccc4c3c2)c1. The maximum absolute atomic E-state index is 6.76. The van der Waals surface area contributed by atoms with Gasteiger partial charge in [0.2, 0.25) is 0 Å². The molecule has 2 aliphatic carbocycles. The molecule has 0 saturated carbocycles. The van der Waals surface area contributed by atoms with Crippen molar-refractivity contribution in [2.45, 2.75) is 26.0 Å². The van der Waals surface area contributed by atoms with Gasteiger partial charge in [-0.25, -0.2) is 0 Å². The van der Waals surface area contributed by atoms with Gasteiger partial charge in [0.15, 0.2) is 0 Å². The third-order valence-electron chi connectivity index (χ3n) is 9.35. The summed E-state index contributed by atoms with van der Waals surface area (Å²) in [4.78, 5) is 0. The number of allylic oxidation sites excluding steroid dienone is 3. The van der Waals surface area contributed by atoms with Crippen LogP contribution in [-0.2, 0) is 4.74 Å². The van der Waals surface area contributed by atoms with E-state index in [4.69, 9.17) is 21.3 Å². The van der Waals surface area contributed by atoms with E-state index in [-0.39, 0.29) is 24.0 Å². The Kier molecular flexibility index (Phi) is 5.94. The standard InChI is InChI=1S/C40H32N2O2/c1-5-7-10-27-24(4)42(34-19-17-29-30-16-13-23(3)38(41)40(30)44-39(29)37(27)34)33-18-14-25(6-2)21-31(33)26-15-20-36-32(22-26)28-11-8-9-12-35(28)43-36/h2,5,7-23,29,38-39H,4,41H2,1,3H3/b7-5-,27-10+. The molecule has 8 rings (SSSR count). The number of ether oxygens (including phenoxy) is 1. The predicted octanol–water partition coefficient (Wildman–Crippen LogP) is 7.29. The minimum Gasteiger partial charge on any atom is -0.487 e. The molecule has 3 heterocycles. The Labute approximate surface area is 256 Å². The summed E-state index contributed by atoms with van der Waals surface area (Å²) in [5.41, 5.74) is 15.6. The summed E-state index contributed by atoms with van der Waals surface area (Å²) in [6.45, 7) is 8.81. The van der Waals surface area contributed by atoms with Crippen LogP contribution < -0.4 is 16.3 Å². The number of terminal acetylenes is 1. The number of furan rings is 1. The molecule has 0 fully saturated rings. The number of aromatic nitrogens is 1. The summed E-state index contributed by atoms with van der Waals surface area (Å²) in [6, 6.07) is 20.5. The van der Waals surface area contributed by atoms with Crippen LogP contribution >= 0.6 is 0 Å². The lowest BCUT2D eigenvalue weighted by atomic mass is 9.82. The van der Waals surface area contributed by atoms with Gasteiger partial charge < -0.3 is 19.5 Å². The van der Waals surface area contributed by atoms with Crippen molar-refractivity contribution in [3.05, 3.63) is 130 Å². The molecule has 44 heavy (non-hydrogen) atoms. The smallest absolute Gasteiger partial charge is 0.136 e. The Balaban J connectivity index is 1.36. The number of nitrogens with two attached hydrogens (primary N) is 1. The Morgan fingerprint density at radius 1 is 1.00 bits per heavy atom. The van der Waals surface area contributed by atoms with Crippen LogP contribution in [-0.4, -0.2) is 10.6 Å². The molecule has 4 unspecified atom stereocenters. The van der Waals surface area contributed by atoms with Crippen LogP contribution in [0.5, 0.6) is 0 Å². The molecule has 3 aliphatic rings. The summed E-state index contributed by atoms with van der Waals surface area (Å²) in [6.07, 6.45) is 20.9. The third kappa shape index (κ3) is 3.76. The molecule has 3 aromatic carbocycles. The lowest BCUT2D eigenvalue weighted by molar-refractivity contribution is 0.109. The fourth-order valence-electron chi connectivity index (χ4n) is 7.06. The zero-order valence-electron chi connectivity index (χ0n) is 24.7. The lowest BCUT2D eigenvalue weighted by Crippen LogP contribution is -2.32. The second-order valence-corrected chi connectivity index (χ2v) is 11.9. The molecule has 0 saturated heterocycles. The number of hydrogen-bond donors (Lipinski definition) is 1. The average molecular weight is 573 g/mol. The highest BCUT2D eigenvalue weighted by Gasteiger charge is 2.43. The van der Waals surface area contributed by atoms with Crippen LogP contribution in [0.15, 0.2) is 107 Å². The normalized spacial score (nSPS) is 22.5. The van der Waals surface area contributed by atoms with Gasteiger partial charge in [-0.05, 0) is 60.9 Å². The van der Waals surface area contributed by atoms with Crippen molar-refractivity contribution in [2.24, 2.45) is 17.6 Å². The van der Waals surface area contributed by atoms with E-state index in [1.54, 1.807) is 0 Å². The summed E-state index contributed by atoms with van der Waals surface area (Å²) in [5, 5.41) is 4.11.